The van der Waals surface area contributed by atoms with Crippen LogP contribution in [0.15, 0.2) is 24.5 Å². The molecule has 0 spiro atoms. The minimum absolute atomic E-state index is 0.379. The third kappa shape index (κ3) is 1.31. The quantitative estimate of drug-likeness (QED) is 0.683. The zero-order valence-corrected chi connectivity index (χ0v) is 7.53. The number of carbonyl (C=O) groups is 1. The third-order valence-electron chi connectivity index (χ3n) is 1.90. The number of hydrogen-bond donors (Lipinski definition) is 0. The minimum Gasteiger partial charge on any atom is -0.303 e. The van der Waals surface area contributed by atoms with Crippen LogP contribution in [0, 0.1) is 0 Å². The van der Waals surface area contributed by atoms with E-state index in [1.165, 1.54) is 0 Å². The lowest BCUT2D eigenvalue weighted by atomic mass is 10.3. The average molecular weight is 195 g/mol. The van der Waals surface area contributed by atoms with E-state index in [-0.39, 0.29) is 0 Å². The molecule has 0 N–H and O–H groups in total. The van der Waals surface area contributed by atoms with Crippen molar-refractivity contribution in [2.24, 2.45) is 0 Å². The molecule has 0 aliphatic rings. The van der Waals surface area contributed by atoms with Gasteiger partial charge in [0.2, 0.25) is 0 Å². The Kier molecular flexibility index (Phi) is 2.02. The zero-order chi connectivity index (χ0) is 9.26. The fourth-order valence-corrected chi connectivity index (χ4v) is 1.49. The lowest BCUT2D eigenvalue weighted by molar-refractivity contribution is -0.107. The van der Waals surface area contributed by atoms with Crippen LogP contribution >= 0.6 is 11.6 Å². The maximum absolute atomic E-state index is 10.4. The lowest BCUT2D eigenvalue weighted by Crippen LogP contribution is -1.95. The number of aldehydes is 1. The van der Waals surface area contributed by atoms with E-state index in [0.717, 1.165) is 17.5 Å². The van der Waals surface area contributed by atoms with Gasteiger partial charge in [0.1, 0.15) is 12.6 Å². The Bertz CT molecular complexity index is 450. The molecule has 0 fully saturated rings. The van der Waals surface area contributed by atoms with Gasteiger partial charge in [0, 0.05) is 12.1 Å². The Morgan fingerprint density at radius 2 is 2.38 bits per heavy atom. The first-order chi connectivity index (χ1) is 6.33. The Hall–Kier alpha value is -1.35. The monoisotopic (exact) mass is 194 g/mol. The van der Waals surface area contributed by atoms with E-state index in [0.29, 0.717) is 11.6 Å². The largest absolute Gasteiger partial charge is 0.303 e. The van der Waals surface area contributed by atoms with Crippen molar-refractivity contribution in [3.63, 3.8) is 0 Å². The number of imidazole rings is 1. The van der Waals surface area contributed by atoms with Gasteiger partial charge < -0.3 is 9.20 Å². The van der Waals surface area contributed by atoms with Gasteiger partial charge in [-0.2, -0.15) is 0 Å². The second-order valence-corrected chi connectivity index (χ2v) is 3.04. The highest BCUT2D eigenvalue weighted by Crippen LogP contribution is 2.16. The van der Waals surface area contributed by atoms with Gasteiger partial charge in [-0.25, -0.2) is 4.98 Å². The maximum atomic E-state index is 10.4. The number of halogens is 1. The molecule has 66 valence electrons. The fraction of sp³-hybridized carbons (Fsp3) is 0.111. The van der Waals surface area contributed by atoms with Crippen LogP contribution in [0.5, 0.6) is 0 Å². The molecular formula is C9H7ClN2O. The molecule has 0 bridgehead atoms. The van der Waals surface area contributed by atoms with Gasteiger partial charge >= 0.3 is 0 Å². The molecular weight excluding hydrogens is 188 g/mol. The smallest absolute Gasteiger partial charge is 0.154 e. The van der Waals surface area contributed by atoms with Crippen molar-refractivity contribution < 1.29 is 4.79 Å². The number of hydrogen-bond acceptors (Lipinski definition) is 2. The number of pyridine rings is 1. The predicted molar refractivity (Wildman–Crippen MR) is 50.0 cm³/mol. The fourth-order valence-electron chi connectivity index (χ4n) is 1.30. The Morgan fingerprint density at radius 3 is 3.15 bits per heavy atom. The Morgan fingerprint density at radius 1 is 1.54 bits per heavy atom. The highest BCUT2D eigenvalue weighted by atomic mass is 35.5. The summed E-state index contributed by atoms with van der Waals surface area (Å²) in [6.07, 6.45) is 2.86. The van der Waals surface area contributed by atoms with Crippen molar-refractivity contribution in [2.75, 3.05) is 0 Å². The van der Waals surface area contributed by atoms with E-state index in [4.69, 9.17) is 11.6 Å². The van der Waals surface area contributed by atoms with Crippen LogP contribution in [0.2, 0.25) is 5.15 Å². The van der Waals surface area contributed by atoms with Crippen molar-refractivity contribution in [3.05, 3.63) is 35.4 Å². The molecule has 0 aliphatic carbocycles. The standard InChI is InChI=1S/C9H7ClN2O/c10-9-8-3-1-2-7(4-5-13)12(8)6-11-9/h1-3,5-6H,4H2. The molecule has 0 saturated heterocycles. The van der Waals surface area contributed by atoms with Crippen molar-refractivity contribution in [1.82, 2.24) is 9.38 Å². The molecule has 13 heavy (non-hydrogen) atoms. The van der Waals surface area contributed by atoms with Crippen LogP contribution in [0.3, 0.4) is 0 Å². The van der Waals surface area contributed by atoms with Gasteiger partial charge in [-0.3, -0.25) is 0 Å². The van der Waals surface area contributed by atoms with Crippen LogP contribution in [0.25, 0.3) is 5.52 Å². The van der Waals surface area contributed by atoms with Crippen LogP contribution < -0.4 is 0 Å². The average Bonchev–Trinajstić information content (AvgIpc) is 2.50. The van der Waals surface area contributed by atoms with Crippen molar-refractivity contribution in [3.8, 4) is 0 Å². The van der Waals surface area contributed by atoms with E-state index in [2.05, 4.69) is 4.98 Å². The van der Waals surface area contributed by atoms with Crippen molar-refractivity contribution >= 4 is 23.4 Å². The Balaban J connectivity index is 2.69. The topological polar surface area (TPSA) is 34.4 Å². The highest BCUT2D eigenvalue weighted by Gasteiger charge is 2.03. The number of fused-ring (bicyclic) bond motifs is 1. The SMILES string of the molecule is O=CCc1cccc2c(Cl)ncn12. The Labute approximate surface area is 80.0 Å². The van der Waals surface area contributed by atoms with Gasteiger partial charge in [0.05, 0.1) is 5.52 Å². The second-order valence-electron chi connectivity index (χ2n) is 2.68. The molecule has 0 aliphatic heterocycles. The van der Waals surface area contributed by atoms with Crippen molar-refractivity contribution in [2.45, 2.75) is 6.42 Å². The molecule has 3 nitrogen and oxygen atoms in total. The van der Waals surface area contributed by atoms with E-state index < -0.39 is 0 Å². The summed E-state index contributed by atoms with van der Waals surface area (Å²) in [7, 11) is 0. The van der Waals surface area contributed by atoms with Gasteiger partial charge in [0.25, 0.3) is 0 Å². The van der Waals surface area contributed by atoms with E-state index in [1.807, 2.05) is 22.6 Å². The van der Waals surface area contributed by atoms with Gasteiger partial charge in [0.15, 0.2) is 5.15 Å². The summed E-state index contributed by atoms with van der Waals surface area (Å²) in [5.41, 5.74) is 1.73. The summed E-state index contributed by atoms with van der Waals surface area (Å²) in [6, 6.07) is 5.60. The number of rotatable bonds is 2. The molecule has 2 aromatic heterocycles. The first kappa shape index (κ1) is 8.26. The first-order valence-electron chi connectivity index (χ1n) is 3.87. The predicted octanol–water partition coefficient (Wildman–Crippen LogP) is 1.73. The van der Waals surface area contributed by atoms with Crippen LogP contribution in [-0.4, -0.2) is 15.7 Å². The zero-order valence-electron chi connectivity index (χ0n) is 6.77. The second kappa shape index (κ2) is 3.18. The summed E-state index contributed by atoms with van der Waals surface area (Å²) in [4.78, 5) is 14.3. The molecule has 4 heteroatoms. The number of nitrogens with zero attached hydrogens (tertiary/aromatic N) is 2. The molecule has 0 radical (unpaired) electrons. The maximum Gasteiger partial charge on any atom is 0.154 e. The number of carbonyl (C=O) groups excluding carboxylic acids is 1. The van der Waals surface area contributed by atoms with Crippen molar-refractivity contribution in [1.29, 1.82) is 0 Å². The van der Waals surface area contributed by atoms with Gasteiger partial charge in [-0.1, -0.05) is 17.7 Å². The number of aromatic nitrogens is 2. The molecule has 0 unspecified atom stereocenters. The van der Waals surface area contributed by atoms with E-state index in [1.54, 1.807) is 6.33 Å². The van der Waals surface area contributed by atoms with E-state index >= 15 is 0 Å². The summed E-state index contributed by atoms with van der Waals surface area (Å²) in [6.45, 7) is 0. The van der Waals surface area contributed by atoms with Gasteiger partial charge in [-0.15, -0.1) is 0 Å². The highest BCUT2D eigenvalue weighted by molar-refractivity contribution is 6.32. The van der Waals surface area contributed by atoms with Crippen LogP contribution in [0.1, 0.15) is 5.69 Å². The lowest BCUT2D eigenvalue weighted by Gasteiger charge is -1.99. The normalized spacial score (nSPS) is 10.5. The first-order valence-corrected chi connectivity index (χ1v) is 4.25. The van der Waals surface area contributed by atoms with Crippen LogP contribution in [-0.2, 0) is 11.2 Å². The summed E-state index contributed by atoms with van der Waals surface area (Å²) in [5.74, 6) is 0. The minimum atomic E-state index is 0.379. The molecule has 2 rings (SSSR count). The third-order valence-corrected chi connectivity index (χ3v) is 2.19. The summed E-state index contributed by atoms with van der Waals surface area (Å²) < 4.78 is 1.82. The molecule has 0 atom stereocenters. The molecule has 2 heterocycles. The summed E-state index contributed by atoms with van der Waals surface area (Å²) >= 11 is 5.82. The molecule has 0 saturated carbocycles. The summed E-state index contributed by atoms with van der Waals surface area (Å²) in [5, 5.41) is 0.466. The van der Waals surface area contributed by atoms with Gasteiger partial charge in [-0.05, 0) is 12.1 Å². The molecule has 2 aromatic rings. The van der Waals surface area contributed by atoms with E-state index in [9.17, 15) is 4.79 Å². The molecule has 0 amide bonds. The molecule has 0 aromatic carbocycles. The van der Waals surface area contributed by atoms with Crippen LogP contribution in [0.4, 0.5) is 0 Å².